The van der Waals surface area contributed by atoms with Crippen molar-refractivity contribution in [2.24, 2.45) is 0 Å². The average molecular weight is 625 g/mol. The van der Waals surface area contributed by atoms with Crippen LogP contribution >= 0.6 is 15.9 Å². The van der Waals surface area contributed by atoms with Gasteiger partial charge in [0, 0.05) is 26.0 Å². The average Bonchev–Trinajstić information content (AvgIpc) is 3.43. The maximum absolute atomic E-state index is 3.57. The van der Waals surface area contributed by atoms with E-state index >= 15 is 0 Å². The summed E-state index contributed by atoms with van der Waals surface area (Å²) >= 11 is 3.57. The topological polar surface area (TPSA) is 4.93 Å². The highest BCUT2D eigenvalue weighted by Crippen LogP contribution is 2.44. The lowest BCUT2D eigenvalue weighted by Crippen LogP contribution is -1.96. The van der Waals surface area contributed by atoms with Crippen molar-refractivity contribution in [1.29, 1.82) is 0 Å². The molecule has 2 heteroatoms. The predicted molar refractivity (Wildman–Crippen MR) is 192 cm³/mol. The van der Waals surface area contributed by atoms with E-state index in [1.54, 1.807) is 0 Å². The van der Waals surface area contributed by atoms with Crippen molar-refractivity contribution < 1.29 is 0 Å². The standard InChI is InChI=1S/C42H26BrN/c43-32-22-19-27(20-23-32)29-11-7-12-30(25-29)31-21-24-40-38(26-31)41-36-16-5-3-14-34(36)35-15-4-6-17-37(35)42(41)44(40)39-18-8-10-28-9-1-2-13-33(28)39/h1-26H. The maximum Gasteiger partial charge on any atom is 0.0626 e. The van der Waals surface area contributed by atoms with Crippen molar-refractivity contribution in [3.63, 3.8) is 0 Å². The molecule has 0 spiro atoms. The summed E-state index contributed by atoms with van der Waals surface area (Å²) in [7, 11) is 0. The van der Waals surface area contributed by atoms with Gasteiger partial charge in [-0.25, -0.2) is 0 Å². The third-order valence-electron chi connectivity index (χ3n) is 9.02. The molecule has 0 bridgehead atoms. The lowest BCUT2D eigenvalue weighted by molar-refractivity contribution is 1.20. The van der Waals surface area contributed by atoms with E-state index in [9.17, 15) is 0 Å². The minimum absolute atomic E-state index is 1.09. The van der Waals surface area contributed by atoms with Crippen LogP contribution in [-0.4, -0.2) is 4.57 Å². The van der Waals surface area contributed by atoms with E-state index in [-0.39, 0.29) is 0 Å². The van der Waals surface area contributed by atoms with E-state index in [1.165, 1.54) is 82.1 Å². The largest absolute Gasteiger partial charge is 0.308 e. The van der Waals surface area contributed by atoms with Crippen LogP contribution < -0.4 is 0 Å². The third-order valence-corrected chi connectivity index (χ3v) is 9.55. The molecule has 1 aromatic heterocycles. The molecule has 0 N–H and O–H groups in total. The van der Waals surface area contributed by atoms with Gasteiger partial charge < -0.3 is 4.57 Å². The predicted octanol–water partition coefficient (Wildman–Crippen LogP) is 12.3. The summed E-state index contributed by atoms with van der Waals surface area (Å²) < 4.78 is 3.59. The molecule has 0 amide bonds. The molecule has 0 saturated heterocycles. The number of hydrogen-bond donors (Lipinski definition) is 0. The fourth-order valence-electron chi connectivity index (χ4n) is 7.03. The second-order valence-corrected chi connectivity index (χ2v) is 12.4. The quantitative estimate of drug-likeness (QED) is 0.172. The number of fused-ring (bicyclic) bond motifs is 9. The molecule has 0 atom stereocenters. The molecular formula is C42H26BrN. The first-order valence-corrected chi connectivity index (χ1v) is 15.8. The highest BCUT2D eigenvalue weighted by molar-refractivity contribution is 9.10. The summed E-state index contributed by atoms with van der Waals surface area (Å²) in [6.07, 6.45) is 0. The first-order chi connectivity index (χ1) is 21.7. The molecule has 9 rings (SSSR count). The number of rotatable bonds is 3. The van der Waals surface area contributed by atoms with Gasteiger partial charge >= 0.3 is 0 Å². The van der Waals surface area contributed by atoms with Gasteiger partial charge in [0.05, 0.1) is 16.7 Å². The molecular weight excluding hydrogens is 598 g/mol. The van der Waals surface area contributed by atoms with Crippen molar-refractivity contribution in [3.05, 3.63) is 162 Å². The normalized spacial score (nSPS) is 11.8. The van der Waals surface area contributed by atoms with Crippen molar-refractivity contribution in [2.45, 2.75) is 0 Å². The fourth-order valence-corrected chi connectivity index (χ4v) is 7.30. The zero-order valence-corrected chi connectivity index (χ0v) is 25.4. The minimum atomic E-state index is 1.09. The molecule has 0 fully saturated rings. The highest BCUT2D eigenvalue weighted by atomic mass is 79.9. The Balaban J connectivity index is 1.41. The van der Waals surface area contributed by atoms with Crippen LogP contribution in [0, 0.1) is 0 Å². The van der Waals surface area contributed by atoms with Gasteiger partial charge in [0.1, 0.15) is 0 Å². The van der Waals surface area contributed by atoms with Crippen molar-refractivity contribution >= 4 is 70.1 Å². The van der Waals surface area contributed by atoms with Crippen LogP contribution in [-0.2, 0) is 0 Å². The van der Waals surface area contributed by atoms with Crippen molar-refractivity contribution in [2.75, 3.05) is 0 Å². The zero-order chi connectivity index (χ0) is 29.2. The van der Waals surface area contributed by atoms with E-state index in [0.29, 0.717) is 0 Å². The van der Waals surface area contributed by atoms with Gasteiger partial charge in [0.15, 0.2) is 0 Å². The Morgan fingerprint density at radius 1 is 0.386 bits per heavy atom. The van der Waals surface area contributed by atoms with Crippen molar-refractivity contribution in [3.8, 4) is 27.9 Å². The van der Waals surface area contributed by atoms with E-state index in [2.05, 4.69) is 178 Å². The second kappa shape index (κ2) is 9.94. The van der Waals surface area contributed by atoms with Gasteiger partial charge in [-0.2, -0.15) is 0 Å². The van der Waals surface area contributed by atoms with Gasteiger partial charge in [-0.1, -0.05) is 137 Å². The number of hydrogen-bond acceptors (Lipinski definition) is 0. The van der Waals surface area contributed by atoms with Crippen LogP contribution in [0.2, 0.25) is 0 Å². The van der Waals surface area contributed by atoms with Crippen LogP contribution in [0.25, 0.3) is 82.1 Å². The summed E-state index contributed by atoms with van der Waals surface area (Å²) in [6.45, 7) is 0. The molecule has 0 aliphatic heterocycles. The number of nitrogens with zero attached hydrogens (tertiary/aromatic N) is 1. The molecule has 1 heterocycles. The summed E-state index contributed by atoms with van der Waals surface area (Å²) in [4.78, 5) is 0. The molecule has 9 aromatic rings. The molecule has 0 unspecified atom stereocenters. The lowest BCUT2D eigenvalue weighted by Gasteiger charge is -2.14. The molecule has 1 nitrogen and oxygen atoms in total. The summed E-state index contributed by atoms with van der Waals surface area (Å²) in [5, 5.41) is 10.2. The van der Waals surface area contributed by atoms with Crippen LogP contribution in [0.5, 0.6) is 0 Å². The van der Waals surface area contributed by atoms with Crippen LogP contribution in [0.1, 0.15) is 0 Å². The van der Waals surface area contributed by atoms with E-state index in [4.69, 9.17) is 0 Å². The van der Waals surface area contributed by atoms with E-state index in [1.807, 2.05) is 0 Å². The third kappa shape index (κ3) is 3.85. The van der Waals surface area contributed by atoms with Gasteiger partial charge in [0.2, 0.25) is 0 Å². The monoisotopic (exact) mass is 623 g/mol. The second-order valence-electron chi connectivity index (χ2n) is 11.5. The SMILES string of the molecule is Brc1ccc(-c2cccc(-c3ccc4c(c3)c3c5ccccc5c5ccccc5c3n4-c3cccc4ccccc34)c2)cc1. The van der Waals surface area contributed by atoms with E-state index < -0.39 is 0 Å². The number of aromatic nitrogens is 1. The Labute approximate surface area is 263 Å². The number of halogens is 1. The van der Waals surface area contributed by atoms with E-state index in [0.717, 1.165) is 4.47 Å². The highest BCUT2D eigenvalue weighted by Gasteiger charge is 2.20. The Kier molecular flexibility index (Phi) is 5.72. The molecule has 0 radical (unpaired) electrons. The maximum atomic E-state index is 3.57. The Morgan fingerprint density at radius 3 is 1.75 bits per heavy atom. The van der Waals surface area contributed by atoms with Gasteiger partial charge in [-0.15, -0.1) is 0 Å². The molecule has 0 aliphatic carbocycles. The van der Waals surface area contributed by atoms with Crippen LogP contribution in [0.3, 0.4) is 0 Å². The van der Waals surface area contributed by atoms with Crippen LogP contribution in [0.4, 0.5) is 0 Å². The molecule has 0 aliphatic rings. The summed E-state index contributed by atoms with van der Waals surface area (Å²) in [5.74, 6) is 0. The van der Waals surface area contributed by atoms with Gasteiger partial charge in [-0.3, -0.25) is 0 Å². The fraction of sp³-hybridized carbons (Fsp3) is 0. The molecule has 0 saturated carbocycles. The summed E-state index contributed by atoms with van der Waals surface area (Å²) in [6, 6.07) is 57.6. The Morgan fingerprint density at radius 2 is 0.955 bits per heavy atom. The van der Waals surface area contributed by atoms with Gasteiger partial charge in [-0.05, 0) is 80.2 Å². The smallest absolute Gasteiger partial charge is 0.0626 e. The Hall–Kier alpha value is -5.18. The summed E-state index contributed by atoms with van der Waals surface area (Å²) in [5.41, 5.74) is 8.52. The zero-order valence-electron chi connectivity index (χ0n) is 23.8. The molecule has 8 aromatic carbocycles. The first-order valence-electron chi connectivity index (χ1n) is 15.0. The lowest BCUT2D eigenvalue weighted by atomic mass is 9.95. The molecule has 44 heavy (non-hydrogen) atoms. The van der Waals surface area contributed by atoms with Crippen LogP contribution in [0.15, 0.2) is 162 Å². The van der Waals surface area contributed by atoms with Crippen molar-refractivity contribution in [1.82, 2.24) is 4.57 Å². The van der Waals surface area contributed by atoms with Gasteiger partial charge in [0.25, 0.3) is 0 Å². The first kappa shape index (κ1) is 25.3. The molecule has 206 valence electrons. The minimum Gasteiger partial charge on any atom is -0.308 e. The number of benzene rings is 8. The Bertz CT molecular complexity index is 2550.